The summed E-state index contributed by atoms with van der Waals surface area (Å²) in [6, 6.07) is 3.43. The van der Waals surface area contributed by atoms with Gasteiger partial charge in [-0.15, -0.1) is 0 Å². The van der Waals surface area contributed by atoms with Crippen LogP contribution in [0.2, 0.25) is 0 Å². The molecule has 1 saturated heterocycles. The lowest BCUT2D eigenvalue weighted by Gasteiger charge is -2.34. The molecule has 2 N–H and O–H groups in total. The largest absolute Gasteiger partial charge is 0.467 e. The predicted molar refractivity (Wildman–Crippen MR) is 71.6 cm³/mol. The van der Waals surface area contributed by atoms with Gasteiger partial charge < -0.3 is 19.7 Å². The molecule has 0 radical (unpaired) electrons. The van der Waals surface area contributed by atoms with Gasteiger partial charge in [-0.3, -0.25) is 9.59 Å². The van der Waals surface area contributed by atoms with Gasteiger partial charge in [-0.2, -0.15) is 0 Å². The van der Waals surface area contributed by atoms with E-state index >= 15 is 0 Å². The molecule has 2 rings (SSSR count). The number of aliphatic hydroxyl groups is 1. The monoisotopic (exact) mass is 280 g/mol. The number of furan rings is 1. The van der Waals surface area contributed by atoms with Gasteiger partial charge in [-0.1, -0.05) is 0 Å². The number of nitrogens with one attached hydrogen (secondary N) is 1. The first-order valence-corrected chi connectivity index (χ1v) is 6.94. The standard InChI is InChI=1S/C14H20N2O4/c17-8-6-11-4-1-2-7-16(11)14(19)13(18)15-10-12-5-3-9-20-12/h3,5,9,11,17H,1-2,4,6-8,10H2,(H,15,18). The lowest BCUT2D eigenvalue weighted by atomic mass is 9.99. The molecule has 110 valence electrons. The highest BCUT2D eigenvalue weighted by Gasteiger charge is 2.30. The summed E-state index contributed by atoms with van der Waals surface area (Å²) in [6.45, 7) is 0.816. The third kappa shape index (κ3) is 3.60. The Labute approximate surface area is 117 Å². The van der Waals surface area contributed by atoms with Crippen molar-refractivity contribution in [2.24, 2.45) is 0 Å². The number of carbonyl (C=O) groups is 2. The van der Waals surface area contributed by atoms with Crippen molar-refractivity contribution in [3.05, 3.63) is 24.2 Å². The first-order chi connectivity index (χ1) is 9.72. The molecule has 6 heteroatoms. The van der Waals surface area contributed by atoms with Crippen LogP contribution in [-0.2, 0) is 16.1 Å². The molecule has 2 heterocycles. The molecule has 2 amide bonds. The van der Waals surface area contributed by atoms with Crippen molar-refractivity contribution in [1.29, 1.82) is 0 Å². The molecular weight excluding hydrogens is 260 g/mol. The molecule has 1 aromatic heterocycles. The number of hydrogen-bond donors (Lipinski definition) is 2. The fourth-order valence-electron chi connectivity index (χ4n) is 2.50. The molecule has 6 nitrogen and oxygen atoms in total. The molecule has 0 aromatic carbocycles. The number of nitrogens with zero attached hydrogens (tertiary/aromatic N) is 1. The van der Waals surface area contributed by atoms with E-state index in [0.717, 1.165) is 19.3 Å². The second-order valence-corrected chi connectivity index (χ2v) is 4.92. The first-order valence-electron chi connectivity index (χ1n) is 6.94. The Balaban J connectivity index is 1.89. The van der Waals surface area contributed by atoms with E-state index in [1.54, 1.807) is 17.0 Å². The highest BCUT2D eigenvalue weighted by molar-refractivity contribution is 6.35. The zero-order chi connectivity index (χ0) is 14.4. The smallest absolute Gasteiger partial charge is 0.312 e. The highest BCUT2D eigenvalue weighted by Crippen LogP contribution is 2.19. The Hall–Kier alpha value is -1.82. The van der Waals surface area contributed by atoms with Crippen molar-refractivity contribution in [3.8, 4) is 0 Å². The zero-order valence-corrected chi connectivity index (χ0v) is 11.4. The van der Waals surface area contributed by atoms with Crippen molar-refractivity contribution in [2.45, 2.75) is 38.3 Å². The fraction of sp³-hybridized carbons (Fsp3) is 0.571. The van der Waals surface area contributed by atoms with Crippen molar-refractivity contribution in [2.75, 3.05) is 13.2 Å². The topological polar surface area (TPSA) is 82.8 Å². The van der Waals surface area contributed by atoms with Gasteiger partial charge >= 0.3 is 11.8 Å². The Morgan fingerprint density at radius 3 is 3.00 bits per heavy atom. The summed E-state index contributed by atoms with van der Waals surface area (Å²) >= 11 is 0. The van der Waals surface area contributed by atoms with E-state index < -0.39 is 11.8 Å². The summed E-state index contributed by atoms with van der Waals surface area (Å²) in [6.07, 6.45) is 4.82. The van der Waals surface area contributed by atoms with Crippen LogP contribution in [0.15, 0.2) is 22.8 Å². The van der Waals surface area contributed by atoms with Crippen LogP contribution in [0.1, 0.15) is 31.4 Å². The average Bonchev–Trinajstić information content (AvgIpc) is 2.98. The molecular formula is C14H20N2O4. The normalized spacial score (nSPS) is 18.9. The summed E-state index contributed by atoms with van der Waals surface area (Å²) in [5.74, 6) is -0.530. The van der Waals surface area contributed by atoms with Crippen LogP contribution < -0.4 is 5.32 Å². The SMILES string of the molecule is O=C(NCc1ccco1)C(=O)N1CCCCC1CCO. The second-order valence-electron chi connectivity index (χ2n) is 4.92. The van der Waals surface area contributed by atoms with E-state index in [1.165, 1.54) is 6.26 Å². The summed E-state index contributed by atoms with van der Waals surface area (Å²) in [4.78, 5) is 25.6. The number of rotatable bonds is 4. The predicted octanol–water partition coefficient (Wildman–Crippen LogP) is 0.659. The van der Waals surface area contributed by atoms with E-state index in [4.69, 9.17) is 9.52 Å². The number of carbonyl (C=O) groups excluding carboxylic acids is 2. The fourth-order valence-corrected chi connectivity index (χ4v) is 2.50. The second kappa shape index (κ2) is 7.09. The van der Waals surface area contributed by atoms with Crippen LogP contribution in [0.5, 0.6) is 0 Å². The maximum atomic E-state index is 12.1. The maximum Gasteiger partial charge on any atom is 0.312 e. The van der Waals surface area contributed by atoms with Crippen molar-refractivity contribution < 1.29 is 19.1 Å². The molecule has 1 atom stereocenters. The van der Waals surface area contributed by atoms with Crippen LogP contribution in [0, 0.1) is 0 Å². The molecule has 1 aliphatic heterocycles. The zero-order valence-electron chi connectivity index (χ0n) is 11.4. The number of likely N-dealkylation sites (tertiary alicyclic amines) is 1. The van der Waals surface area contributed by atoms with E-state index in [0.29, 0.717) is 18.7 Å². The third-order valence-corrected chi connectivity index (χ3v) is 3.55. The summed E-state index contributed by atoms with van der Waals surface area (Å²) in [5.41, 5.74) is 0. The van der Waals surface area contributed by atoms with Gasteiger partial charge in [-0.05, 0) is 37.8 Å². The van der Waals surface area contributed by atoms with Crippen molar-refractivity contribution in [1.82, 2.24) is 10.2 Å². The Morgan fingerprint density at radius 2 is 2.30 bits per heavy atom. The van der Waals surface area contributed by atoms with Gasteiger partial charge in [0, 0.05) is 19.2 Å². The van der Waals surface area contributed by atoms with Gasteiger partial charge in [0.15, 0.2) is 0 Å². The van der Waals surface area contributed by atoms with Crippen LogP contribution >= 0.6 is 0 Å². The van der Waals surface area contributed by atoms with Crippen molar-refractivity contribution in [3.63, 3.8) is 0 Å². The minimum atomic E-state index is -0.619. The average molecular weight is 280 g/mol. The molecule has 1 unspecified atom stereocenters. The molecule has 0 bridgehead atoms. The molecule has 0 aliphatic carbocycles. The summed E-state index contributed by atoms with van der Waals surface area (Å²) < 4.78 is 5.10. The quantitative estimate of drug-likeness (QED) is 0.794. The van der Waals surface area contributed by atoms with E-state index in [-0.39, 0.29) is 19.2 Å². The molecule has 20 heavy (non-hydrogen) atoms. The third-order valence-electron chi connectivity index (χ3n) is 3.55. The lowest BCUT2D eigenvalue weighted by molar-refractivity contribution is -0.148. The number of hydrogen-bond acceptors (Lipinski definition) is 4. The molecule has 0 spiro atoms. The summed E-state index contributed by atoms with van der Waals surface area (Å²) in [7, 11) is 0. The molecule has 1 aliphatic rings. The van der Waals surface area contributed by atoms with Gasteiger partial charge in [0.05, 0.1) is 12.8 Å². The highest BCUT2D eigenvalue weighted by atomic mass is 16.3. The number of aliphatic hydroxyl groups excluding tert-OH is 1. The lowest BCUT2D eigenvalue weighted by Crippen LogP contribution is -2.50. The van der Waals surface area contributed by atoms with E-state index in [2.05, 4.69) is 5.32 Å². The van der Waals surface area contributed by atoms with Gasteiger partial charge in [-0.25, -0.2) is 0 Å². The van der Waals surface area contributed by atoms with E-state index in [1.807, 2.05) is 0 Å². The molecule has 0 saturated carbocycles. The van der Waals surface area contributed by atoms with Gasteiger partial charge in [0.25, 0.3) is 0 Å². The minimum Gasteiger partial charge on any atom is -0.467 e. The Bertz CT molecular complexity index is 442. The number of piperidine rings is 1. The number of amides is 2. The minimum absolute atomic E-state index is 0.0302. The van der Waals surface area contributed by atoms with Gasteiger partial charge in [0.2, 0.25) is 0 Å². The maximum absolute atomic E-state index is 12.1. The molecule has 1 aromatic rings. The Morgan fingerprint density at radius 1 is 1.45 bits per heavy atom. The van der Waals surface area contributed by atoms with Crippen LogP contribution in [0.25, 0.3) is 0 Å². The first kappa shape index (κ1) is 14.6. The van der Waals surface area contributed by atoms with Gasteiger partial charge in [0.1, 0.15) is 5.76 Å². The van der Waals surface area contributed by atoms with Crippen LogP contribution in [0.3, 0.4) is 0 Å². The van der Waals surface area contributed by atoms with E-state index in [9.17, 15) is 9.59 Å². The Kier molecular flexibility index (Phi) is 5.17. The van der Waals surface area contributed by atoms with Crippen molar-refractivity contribution >= 4 is 11.8 Å². The van der Waals surface area contributed by atoms with Crippen LogP contribution in [-0.4, -0.2) is 41.0 Å². The summed E-state index contributed by atoms with van der Waals surface area (Å²) in [5, 5.41) is 11.6. The van der Waals surface area contributed by atoms with Crippen LogP contribution in [0.4, 0.5) is 0 Å². The molecule has 1 fully saturated rings.